The van der Waals surface area contributed by atoms with Crippen LogP contribution in [-0.2, 0) is 0 Å². The quantitative estimate of drug-likeness (QED) is 0.0932. The number of fused-ring (bicyclic) bond motifs is 20. The third-order valence-electron chi connectivity index (χ3n) is 17.1. The van der Waals surface area contributed by atoms with E-state index in [4.69, 9.17) is 253 Å². The van der Waals surface area contributed by atoms with E-state index >= 15 is 0 Å². The summed E-state index contributed by atoms with van der Waals surface area (Å²) in [5, 5.41) is 3.57. The van der Waals surface area contributed by atoms with Gasteiger partial charge in [-0.15, -0.1) is 0 Å². The maximum Gasteiger partial charge on any atom is 0.170 e. The Morgan fingerprint density at radius 1 is 0.179 bits per heavy atom. The van der Waals surface area contributed by atoms with Crippen LogP contribution in [0.3, 0.4) is 0 Å². The molecule has 5 heterocycles. The zero-order valence-electron chi connectivity index (χ0n) is 55.5. The van der Waals surface area contributed by atoms with Crippen molar-refractivity contribution in [2.24, 2.45) is 0 Å². The highest BCUT2D eigenvalue weighted by Gasteiger charge is 2.32. The molecule has 8 bridgehead atoms. The van der Waals surface area contributed by atoms with Crippen molar-refractivity contribution in [3.05, 3.63) is 274 Å². The number of H-pyrrole nitrogens is 2. The third kappa shape index (κ3) is 14.6. The highest BCUT2D eigenvalue weighted by molar-refractivity contribution is 6.41. The van der Waals surface area contributed by atoms with E-state index in [0.717, 1.165) is 0 Å². The van der Waals surface area contributed by atoms with Gasteiger partial charge >= 0.3 is 0 Å². The van der Waals surface area contributed by atoms with E-state index in [9.17, 15) is 0 Å². The lowest BCUT2D eigenvalue weighted by Gasteiger charge is -2.17. The number of aromatic amines is 2. The number of para-hydroxylation sites is 8. The van der Waals surface area contributed by atoms with Gasteiger partial charge in [0.05, 0.1) is 80.4 Å². The maximum absolute atomic E-state index is 6.89. The number of hydrogen-bond donors (Lipinski definition) is 2. The topological polar surface area (TPSA) is 183 Å². The molecule has 16 nitrogen and oxygen atoms in total. The summed E-state index contributed by atoms with van der Waals surface area (Å²) < 4.78 is 53.8. The van der Waals surface area contributed by atoms with Crippen molar-refractivity contribution in [2.75, 3.05) is 0 Å². The Hall–Kier alpha value is -8.96. The number of hydrogen-bond acceptors (Lipinski definition) is 14. The summed E-state index contributed by atoms with van der Waals surface area (Å²) in [5.41, 5.74) is 1.51. The molecule has 112 heavy (non-hydrogen) atoms. The first-order valence-corrected chi connectivity index (χ1v) is 38.6. The fraction of sp³-hybridized carbons (Fsp3) is 0. The van der Waals surface area contributed by atoms with Gasteiger partial charge in [0, 0.05) is 43.8 Å². The first kappa shape index (κ1) is 75.7. The largest absolute Gasteiger partial charge is 0.450 e. The second kappa shape index (κ2) is 31.1. The van der Waals surface area contributed by atoms with E-state index < -0.39 is 0 Å². The van der Waals surface area contributed by atoms with Crippen molar-refractivity contribution >= 4 is 230 Å². The number of rotatable bonds is 16. The summed E-state index contributed by atoms with van der Waals surface area (Å²) in [6.07, 6.45) is 0. The van der Waals surface area contributed by atoms with Gasteiger partial charge in [-0.25, -0.2) is 29.9 Å². The molecule has 0 radical (unpaired) electrons. The number of halogens is 16. The summed E-state index contributed by atoms with van der Waals surface area (Å²) in [7, 11) is 0. The van der Waals surface area contributed by atoms with Crippen LogP contribution in [0.4, 0.5) is 0 Å². The van der Waals surface area contributed by atoms with Crippen molar-refractivity contribution in [3.63, 3.8) is 0 Å². The van der Waals surface area contributed by atoms with Crippen LogP contribution in [0, 0.1) is 0 Å². The fourth-order valence-corrected chi connectivity index (χ4v) is 15.8. The van der Waals surface area contributed by atoms with E-state index in [-0.39, 0.29) is 240 Å². The zero-order chi connectivity index (χ0) is 77.7. The monoisotopic (exact) mass is 1790 g/mol. The maximum atomic E-state index is 6.89. The number of nitrogens with one attached hydrogen (secondary N) is 2. The number of nitrogens with zero attached hydrogens (tertiary/aromatic N) is 6. The van der Waals surface area contributed by atoms with Crippen LogP contribution in [0.1, 0.15) is 0 Å². The average molecular weight is 1800 g/mol. The molecule has 32 heteroatoms. The van der Waals surface area contributed by atoms with Crippen LogP contribution in [0.15, 0.2) is 194 Å². The number of ether oxygens (including phenoxy) is 8. The van der Waals surface area contributed by atoms with E-state index in [1.165, 1.54) is 0 Å². The van der Waals surface area contributed by atoms with E-state index in [1.807, 2.05) is 0 Å². The Kier molecular flexibility index (Phi) is 21.0. The van der Waals surface area contributed by atoms with Crippen LogP contribution >= 0.6 is 186 Å². The van der Waals surface area contributed by atoms with Crippen LogP contribution in [0.2, 0.25) is 80.4 Å². The number of aromatic nitrogens is 8. The predicted octanol–water partition coefficient (Wildman–Crippen LogP) is 31.7. The molecule has 2 N–H and O–H groups in total. The van der Waals surface area contributed by atoms with E-state index in [0.29, 0.717) is 21.5 Å². The summed E-state index contributed by atoms with van der Waals surface area (Å²) in [6.45, 7) is 0. The smallest absolute Gasteiger partial charge is 0.170 e. The molecule has 554 valence electrons. The average Bonchev–Trinajstić information content (AvgIpc) is 1.58. The standard InChI is InChI=1S/C80H34Cl16N8O8/c81-41-9-1-10-42(82)65(41)105-57-25-33-34(26-58(57)106-66-43(83)11-2-12-44(66)84)74-97-73(33)101-75-35-27-59(107-67-45(85)13-3-14-46(67)86)60(108-68-47(87)15-4-16-48(68)88)28-36(35)77(98-75)103-79-39-31-63(111-71-53(93)21-7-22-54(71)94)64(112-72-55(95)23-8-24-56(72)96)32-40(39)80(100-79)104-78-38-30-62(110-70-51(91)19-6-20-52(70)92)61(29-37(38)76(99-78)102-74)109-69-49(89)17-5-18-50(69)90/h1-32H,(H2,97,98,99,100,101,102,103,104). The molecule has 17 rings (SSSR count). The second-order valence-corrected chi connectivity index (χ2v) is 30.7. The first-order chi connectivity index (χ1) is 54.0. The lowest BCUT2D eigenvalue weighted by molar-refractivity contribution is 0.419. The van der Waals surface area contributed by atoms with Crippen LogP contribution in [0.25, 0.3) is 89.7 Å². The molecule has 0 fully saturated rings. The Morgan fingerprint density at radius 3 is 0.455 bits per heavy atom. The Bertz CT molecular complexity index is 5750. The third-order valence-corrected chi connectivity index (χ3v) is 21.9. The molecule has 0 amide bonds. The molecule has 0 saturated carbocycles. The number of benzene rings is 12. The van der Waals surface area contributed by atoms with Gasteiger partial charge in [-0.1, -0.05) is 234 Å². The zero-order valence-corrected chi connectivity index (χ0v) is 67.6. The van der Waals surface area contributed by atoms with Gasteiger partial charge in [0.1, 0.15) is 22.6 Å². The second-order valence-electron chi connectivity index (χ2n) is 24.2. The van der Waals surface area contributed by atoms with Gasteiger partial charge in [-0.2, -0.15) is 0 Å². The van der Waals surface area contributed by atoms with Crippen LogP contribution in [0.5, 0.6) is 92.0 Å². The minimum Gasteiger partial charge on any atom is -0.450 e. The Labute approximate surface area is 712 Å². The summed E-state index contributed by atoms with van der Waals surface area (Å²) >= 11 is 110. The molecule has 0 saturated heterocycles. The van der Waals surface area contributed by atoms with Crippen molar-refractivity contribution < 1.29 is 37.9 Å². The molecular weight excluding hydrogens is 1770 g/mol. The van der Waals surface area contributed by atoms with Gasteiger partial charge in [0.15, 0.2) is 115 Å². The highest BCUT2D eigenvalue weighted by atomic mass is 35.5. The molecule has 2 aliphatic heterocycles. The SMILES string of the molecule is Clc1cccc(Cl)c1Oc1cc2c(cc1Oc1c(Cl)cccc1Cl)-c1nc-2nc2[nH]c(nc3nc(nc4[nH]c(n1)c1cc(Oc5c(Cl)cccc5Cl)c(Oc5c(Cl)cccc5Cl)cc41)-c1cc(Oc4c(Cl)cccc4Cl)c(Oc4c(Cl)cccc4Cl)cc1-3)c1cc(Oc3c(Cl)cccc3Cl)c(Oc3c(Cl)cccc3Cl)cc21. The van der Waals surface area contributed by atoms with Gasteiger partial charge in [-0.05, 0) is 146 Å². The van der Waals surface area contributed by atoms with Crippen LogP contribution in [-0.4, -0.2) is 39.9 Å². The van der Waals surface area contributed by atoms with E-state index in [1.54, 1.807) is 194 Å². The molecule has 0 spiro atoms. The van der Waals surface area contributed by atoms with Gasteiger partial charge in [0.25, 0.3) is 0 Å². The summed E-state index contributed by atoms with van der Waals surface area (Å²) in [6, 6.07) is 51.9. The highest BCUT2D eigenvalue weighted by Crippen LogP contribution is 2.55. The normalized spacial score (nSPS) is 11.6. The molecule has 12 aromatic carbocycles. The van der Waals surface area contributed by atoms with Crippen molar-refractivity contribution in [1.29, 1.82) is 0 Å². The first-order valence-electron chi connectivity index (χ1n) is 32.5. The van der Waals surface area contributed by atoms with Gasteiger partial charge in [-0.3, -0.25) is 0 Å². The molecule has 0 atom stereocenters. The molecule has 0 unspecified atom stereocenters. The lowest BCUT2D eigenvalue weighted by Crippen LogP contribution is -1.95. The minimum atomic E-state index is 0.00331. The Balaban J connectivity index is 1.03. The van der Waals surface area contributed by atoms with Crippen molar-refractivity contribution in [1.82, 2.24) is 39.9 Å². The summed E-state index contributed by atoms with van der Waals surface area (Å²) in [5.74, 6) is 0.637. The van der Waals surface area contributed by atoms with Gasteiger partial charge in [0.2, 0.25) is 0 Å². The molecule has 15 aromatic rings. The van der Waals surface area contributed by atoms with Crippen LogP contribution < -0.4 is 37.9 Å². The lowest BCUT2D eigenvalue weighted by atomic mass is 10.1. The fourth-order valence-electron chi connectivity index (χ4n) is 12.0. The minimum absolute atomic E-state index is 0.00331. The molecule has 0 aliphatic carbocycles. The van der Waals surface area contributed by atoms with Gasteiger partial charge < -0.3 is 47.9 Å². The molecular formula is C80H34Cl16N8O8. The predicted molar refractivity (Wildman–Crippen MR) is 448 cm³/mol. The van der Waals surface area contributed by atoms with Crippen molar-refractivity contribution in [3.8, 4) is 138 Å². The molecule has 2 aliphatic rings. The summed E-state index contributed by atoms with van der Waals surface area (Å²) in [4.78, 5) is 39.1. The van der Waals surface area contributed by atoms with Crippen molar-refractivity contribution in [2.45, 2.75) is 0 Å². The molecule has 3 aromatic heterocycles. The van der Waals surface area contributed by atoms with E-state index in [2.05, 4.69) is 9.97 Å². The Morgan fingerprint density at radius 2 is 0.312 bits per heavy atom.